The fourth-order valence-electron chi connectivity index (χ4n) is 3.73. The van der Waals surface area contributed by atoms with Gasteiger partial charge in [0.1, 0.15) is 23.2 Å². The molecule has 2 aromatic heterocycles. The Morgan fingerprint density at radius 1 is 1.20 bits per heavy atom. The zero-order valence-corrected chi connectivity index (χ0v) is 20.0. The highest BCUT2D eigenvalue weighted by atomic mass is 35.5. The van der Waals surface area contributed by atoms with Gasteiger partial charge in [0.25, 0.3) is 5.91 Å². The summed E-state index contributed by atoms with van der Waals surface area (Å²) in [6.45, 7) is 2.01. The quantitative estimate of drug-likeness (QED) is 0.460. The molecule has 3 rings (SSSR count). The number of sulfonamides is 1. The van der Waals surface area contributed by atoms with E-state index in [2.05, 4.69) is 26.8 Å². The van der Waals surface area contributed by atoms with Crippen LogP contribution < -0.4 is 5.32 Å². The van der Waals surface area contributed by atoms with Gasteiger partial charge in [0.2, 0.25) is 15.9 Å². The lowest BCUT2D eigenvalue weighted by molar-refractivity contribution is -0.190. The first-order valence-corrected chi connectivity index (χ1v) is 12.2. The van der Waals surface area contributed by atoms with E-state index in [1.54, 1.807) is 0 Å². The Bertz CT molecular complexity index is 1270. The molecule has 1 aliphatic heterocycles. The number of carbonyl (C=O) groups is 2. The number of hydrogen-bond acceptors (Lipinski definition) is 7. The van der Waals surface area contributed by atoms with Gasteiger partial charge in [0.15, 0.2) is 0 Å². The first-order valence-electron chi connectivity index (χ1n) is 9.94. The van der Waals surface area contributed by atoms with Crippen LogP contribution in [0, 0.1) is 0 Å². The number of amides is 2. The highest BCUT2D eigenvalue weighted by molar-refractivity contribution is 7.88. The summed E-state index contributed by atoms with van der Waals surface area (Å²) in [5, 5.41) is 2.23. The van der Waals surface area contributed by atoms with Crippen LogP contribution in [0.5, 0.6) is 0 Å². The molecule has 15 heteroatoms. The first-order chi connectivity index (χ1) is 16.3. The van der Waals surface area contributed by atoms with Crippen LogP contribution in [0.2, 0.25) is 5.15 Å². The summed E-state index contributed by atoms with van der Waals surface area (Å²) in [6, 6.07) is -0.143. The van der Waals surface area contributed by atoms with Gasteiger partial charge in [0.05, 0.1) is 23.7 Å². The predicted molar refractivity (Wildman–Crippen MR) is 120 cm³/mol. The number of nitrogens with zero attached hydrogens (tertiary/aromatic N) is 5. The SMILES string of the molecule is C=CC(=O)N1C[C@@H](C(F)(F)F)N(S(C)(=O)=O)[C@H](c2cc(Cl)nc(-c3cc(C(=O)NC)ncn3)c2)C1. The third-order valence-corrected chi connectivity index (χ3v) is 6.71. The molecule has 0 radical (unpaired) electrons. The Hall–Kier alpha value is -3.10. The third-order valence-electron chi connectivity index (χ3n) is 5.24. The summed E-state index contributed by atoms with van der Waals surface area (Å²) >= 11 is 6.14. The first kappa shape index (κ1) is 26.5. The molecule has 35 heavy (non-hydrogen) atoms. The monoisotopic (exact) mass is 532 g/mol. The maximum absolute atomic E-state index is 14.0. The number of pyridine rings is 1. The number of aromatic nitrogens is 3. The van der Waals surface area contributed by atoms with E-state index in [9.17, 15) is 31.2 Å². The smallest absolute Gasteiger partial charge is 0.354 e. The van der Waals surface area contributed by atoms with Crippen molar-refractivity contribution in [2.24, 2.45) is 0 Å². The Balaban J connectivity index is 2.18. The molecule has 10 nitrogen and oxygen atoms in total. The van der Waals surface area contributed by atoms with E-state index < -0.39 is 53.2 Å². The lowest BCUT2D eigenvalue weighted by atomic mass is 10.0. The Morgan fingerprint density at radius 3 is 2.46 bits per heavy atom. The van der Waals surface area contributed by atoms with Crippen LogP contribution in [-0.2, 0) is 14.8 Å². The van der Waals surface area contributed by atoms with Crippen LogP contribution in [0.4, 0.5) is 13.2 Å². The van der Waals surface area contributed by atoms with Gasteiger partial charge in [-0.15, -0.1) is 0 Å². The molecule has 3 heterocycles. The Kier molecular flexibility index (Phi) is 7.48. The van der Waals surface area contributed by atoms with Crippen LogP contribution in [0.15, 0.2) is 37.2 Å². The van der Waals surface area contributed by atoms with Crippen LogP contribution >= 0.6 is 11.6 Å². The van der Waals surface area contributed by atoms with Crippen molar-refractivity contribution in [3.05, 3.63) is 53.6 Å². The third kappa shape index (κ3) is 5.77. The molecule has 2 amide bonds. The second-order valence-electron chi connectivity index (χ2n) is 7.59. The van der Waals surface area contributed by atoms with Crippen molar-refractivity contribution in [3.63, 3.8) is 0 Å². The summed E-state index contributed by atoms with van der Waals surface area (Å²) < 4.78 is 67.3. The standard InChI is InChI=1S/C20H20ClF3N6O4S/c1-4-18(31)29-8-15(30(35(3,33)34)16(9-29)20(22,23)24)11-5-13(28-17(21)6-11)12-7-14(19(32)25-2)27-10-26-12/h4-7,10,15-16H,1,8-9H2,2-3H3,(H,25,32)/t15-,16-/m0/s1. The molecule has 2 atom stereocenters. The molecule has 1 aliphatic rings. The average Bonchev–Trinajstić information content (AvgIpc) is 2.80. The predicted octanol–water partition coefficient (Wildman–Crippen LogP) is 1.81. The minimum absolute atomic E-state index is 0.00357. The lowest BCUT2D eigenvalue weighted by Crippen LogP contribution is -2.62. The maximum Gasteiger partial charge on any atom is 0.406 e. The van der Waals surface area contributed by atoms with E-state index in [0.717, 1.165) is 17.3 Å². The Morgan fingerprint density at radius 2 is 1.89 bits per heavy atom. The summed E-state index contributed by atoms with van der Waals surface area (Å²) in [5.41, 5.74) is 0.220. The molecule has 0 spiro atoms. The number of alkyl halides is 3. The van der Waals surface area contributed by atoms with Crippen LogP contribution in [-0.4, -0.2) is 83.0 Å². The van der Waals surface area contributed by atoms with Gasteiger partial charge in [-0.05, 0) is 29.8 Å². The van der Waals surface area contributed by atoms with Crippen molar-refractivity contribution in [2.45, 2.75) is 18.3 Å². The second-order valence-corrected chi connectivity index (χ2v) is 9.86. The largest absolute Gasteiger partial charge is 0.406 e. The number of piperazine rings is 1. The minimum atomic E-state index is -4.98. The molecule has 0 bridgehead atoms. The van der Waals surface area contributed by atoms with E-state index in [1.165, 1.54) is 25.2 Å². The number of rotatable bonds is 5. The van der Waals surface area contributed by atoms with Crippen LogP contribution in [0.25, 0.3) is 11.4 Å². The lowest BCUT2D eigenvalue weighted by Gasteiger charge is -2.45. The molecule has 2 aromatic rings. The number of nitrogens with one attached hydrogen (secondary N) is 1. The number of halogens is 4. The van der Waals surface area contributed by atoms with Crippen molar-refractivity contribution in [1.29, 1.82) is 0 Å². The molecule has 1 fully saturated rings. The molecule has 188 valence electrons. The zero-order valence-electron chi connectivity index (χ0n) is 18.5. The van der Waals surface area contributed by atoms with Gasteiger partial charge in [-0.2, -0.15) is 17.5 Å². The normalized spacial score (nSPS) is 19.3. The molecule has 0 aliphatic carbocycles. The number of carbonyl (C=O) groups excluding carboxylic acids is 2. The maximum atomic E-state index is 14.0. The molecular weight excluding hydrogens is 513 g/mol. The average molecular weight is 533 g/mol. The van der Waals surface area contributed by atoms with E-state index in [0.29, 0.717) is 10.6 Å². The molecule has 1 N–H and O–H groups in total. The molecule has 0 unspecified atom stereocenters. The topological polar surface area (TPSA) is 125 Å². The van der Waals surface area contributed by atoms with Crippen LogP contribution in [0.1, 0.15) is 22.1 Å². The number of hydrogen-bond donors (Lipinski definition) is 1. The molecule has 1 saturated heterocycles. The fraction of sp³-hybridized carbons (Fsp3) is 0.350. The highest BCUT2D eigenvalue weighted by Gasteiger charge is 2.54. The van der Waals surface area contributed by atoms with Gasteiger partial charge in [-0.3, -0.25) is 9.59 Å². The van der Waals surface area contributed by atoms with Crippen molar-refractivity contribution in [1.82, 2.24) is 29.5 Å². The van der Waals surface area contributed by atoms with E-state index in [4.69, 9.17) is 11.6 Å². The van der Waals surface area contributed by atoms with Crippen molar-refractivity contribution in [3.8, 4) is 11.4 Å². The van der Waals surface area contributed by atoms with E-state index in [1.807, 2.05) is 0 Å². The molecular formula is C20H20ClF3N6O4S. The summed E-state index contributed by atoms with van der Waals surface area (Å²) in [4.78, 5) is 37.0. The van der Waals surface area contributed by atoms with Gasteiger partial charge in [-0.1, -0.05) is 18.2 Å². The van der Waals surface area contributed by atoms with Crippen molar-refractivity contribution in [2.75, 3.05) is 26.4 Å². The summed E-state index contributed by atoms with van der Waals surface area (Å²) in [7, 11) is -3.02. The highest BCUT2D eigenvalue weighted by Crippen LogP contribution is 2.39. The second kappa shape index (κ2) is 9.87. The van der Waals surface area contributed by atoms with Crippen molar-refractivity contribution < 1.29 is 31.2 Å². The van der Waals surface area contributed by atoms with E-state index >= 15 is 0 Å². The van der Waals surface area contributed by atoms with E-state index in [-0.39, 0.29) is 27.8 Å². The van der Waals surface area contributed by atoms with Gasteiger partial charge >= 0.3 is 6.18 Å². The van der Waals surface area contributed by atoms with Gasteiger partial charge < -0.3 is 10.2 Å². The molecule has 0 saturated carbocycles. The van der Waals surface area contributed by atoms with Gasteiger partial charge in [0, 0.05) is 20.1 Å². The summed E-state index contributed by atoms with van der Waals surface area (Å²) in [5.74, 6) is -1.30. The fourth-order valence-corrected chi connectivity index (χ4v) is 5.25. The zero-order chi connectivity index (χ0) is 26.1. The summed E-state index contributed by atoms with van der Waals surface area (Å²) in [6.07, 6.45) is -2.37. The van der Waals surface area contributed by atoms with Gasteiger partial charge in [-0.25, -0.2) is 23.4 Å². The molecule has 0 aromatic carbocycles. The van der Waals surface area contributed by atoms with Crippen LogP contribution in [0.3, 0.4) is 0 Å². The minimum Gasteiger partial charge on any atom is -0.354 e. The van der Waals surface area contributed by atoms with Crippen molar-refractivity contribution >= 4 is 33.4 Å². The Labute approximate surface area is 203 Å².